The van der Waals surface area contributed by atoms with E-state index in [2.05, 4.69) is 55.6 Å². The van der Waals surface area contributed by atoms with Crippen molar-refractivity contribution in [2.75, 3.05) is 11.9 Å². The van der Waals surface area contributed by atoms with E-state index in [1.807, 2.05) is 19.1 Å². The summed E-state index contributed by atoms with van der Waals surface area (Å²) in [4.78, 5) is 0. The molecule has 0 aliphatic rings. The lowest BCUT2D eigenvalue weighted by atomic mass is 10.0. The highest BCUT2D eigenvalue weighted by molar-refractivity contribution is 5.47. The maximum atomic E-state index is 5.45. The Morgan fingerprint density at radius 3 is 2.52 bits per heavy atom. The first-order valence-corrected chi connectivity index (χ1v) is 7.72. The number of aryl methyl sites for hydroxylation is 2. The highest BCUT2D eigenvalue weighted by Gasteiger charge is 2.03. The minimum absolute atomic E-state index is 0.448. The molecule has 2 heteroatoms. The maximum Gasteiger partial charge on any atom is 0.119 e. The summed E-state index contributed by atoms with van der Waals surface area (Å²) in [7, 11) is 0. The lowest BCUT2D eigenvalue weighted by molar-refractivity contribution is 0.340. The van der Waals surface area contributed by atoms with Crippen LogP contribution >= 0.6 is 0 Å². The van der Waals surface area contributed by atoms with Gasteiger partial charge in [-0.3, -0.25) is 0 Å². The predicted octanol–water partition coefficient (Wildman–Crippen LogP) is 4.83. The second kappa shape index (κ2) is 7.72. The molecule has 1 N–H and O–H groups in total. The zero-order valence-electron chi connectivity index (χ0n) is 13.2. The van der Waals surface area contributed by atoms with Crippen molar-refractivity contribution in [2.24, 2.45) is 0 Å². The number of hydrogen-bond acceptors (Lipinski definition) is 2. The molecular formula is C19H25NO. The number of benzene rings is 2. The lowest BCUT2D eigenvalue weighted by Crippen LogP contribution is -2.15. The van der Waals surface area contributed by atoms with E-state index >= 15 is 0 Å². The molecule has 0 bridgehead atoms. The van der Waals surface area contributed by atoms with Gasteiger partial charge < -0.3 is 10.1 Å². The Morgan fingerprint density at radius 2 is 1.86 bits per heavy atom. The molecule has 2 aromatic carbocycles. The van der Waals surface area contributed by atoms with E-state index in [4.69, 9.17) is 4.74 Å². The van der Waals surface area contributed by atoms with Crippen LogP contribution in [0.3, 0.4) is 0 Å². The topological polar surface area (TPSA) is 21.3 Å². The van der Waals surface area contributed by atoms with Gasteiger partial charge in [0.2, 0.25) is 0 Å². The van der Waals surface area contributed by atoms with Crippen LogP contribution in [0.5, 0.6) is 5.75 Å². The highest BCUT2D eigenvalue weighted by Crippen LogP contribution is 2.17. The zero-order chi connectivity index (χ0) is 15.1. The third kappa shape index (κ3) is 5.14. The quantitative estimate of drug-likeness (QED) is 0.786. The van der Waals surface area contributed by atoms with Gasteiger partial charge in [0.15, 0.2) is 0 Å². The van der Waals surface area contributed by atoms with E-state index in [1.165, 1.54) is 11.1 Å². The van der Waals surface area contributed by atoms with Crippen molar-refractivity contribution >= 4 is 5.69 Å². The first-order valence-electron chi connectivity index (χ1n) is 7.72. The average molecular weight is 283 g/mol. The predicted molar refractivity (Wildman–Crippen MR) is 90.2 cm³/mol. The van der Waals surface area contributed by atoms with E-state index in [0.29, 0.717) is 12.6 Å². The van der Waals surface area contributed by atoms with Crippen LogP contribution in [0.2, 0.25) is 0 Å². The molecule has 2 rings (SSSR count). The van der Waals surface area contributed by atoms with Crippen LogP contribution in [-0.2, 0) is 6.42 Å². The van der Waals surface area contributed by atoms with Crippen molar-refractivity contribution < 1.29 is 4.74 Å². The largest absolute Gasteiger partial charge is 0.494 e. The van der Waals surface area contributed by atoms with Gasteiger partial charge in [-0.2, -0.15) is 0 Å². The number of hydrogen-bond donors (Lipinski definition) is 1. The summed E-state index contributed by atoms with van der Waals surface area (Å²) in [6.07, 6.45) is 2.23. The van der Waals surface area contributed by atoms with Gasteiger partial charge in [0.05, 0.1) is 6.61 Å². The summed E-state index contributed by atoms with van der Waals surface area (Å²) in [5.74, 6) is 0.926. The number of anilines is 1. The summed E-state index contributed by atoms with van der Waals surface area (Å²) in [5, 5.41) is 3.54. The molecule has 0 aliphatic carbocycles. The molecule has 0 heterocycles. The SMILES string of the molecule is CCOc1ccc(NC(C)CCc2cccc(C)c2)cc1. The molecule has 1 atom stereocenters. The van der Waals surface area contributed by atoms with Gasteiger partial charge in [-0.1, -0.05) is 29.8 Å². The van der Waals surface area contributed by atoms with Gasteiger partial charge in [0, 0.05) is 11.7 Å². The normalized spacial score (nSPS) is 12.0. The number of ether oxygens (including phenoxy) is 1. The number of rotatable bonds is 7. The summed E-state index contributed by atoms with van der Waals surface area (Å²) >= 11 is 0. The van der Waals surface area contributed by atoms with E-state index in [-0.39, 0.29) is 0 Å². The van der Waals surface area contributed by atoms with Crippen LogP contribution < -0.4 is 10.1 Å². The lowest BCUT2D eigenvalue weighted by Gasteiger charge is -2.16. The van der Waals surface area contributed by atoms with Crippen LogP contribution in [0.15, 0.2) is 48.5 Å². The van der Waals surface area contributed by atoms with Gasteiger partial charge >= 0.3 is 0 Å². The molecule has 0 amide bonds. The molecule has 0 spiro atoms. The molecule has 112 valence electrons. The molecule has 21 heavy (non-hydrogen) atoms. The van der Waals surface area contributed by atoms with Gasteiger partial charge in [-0.15, -0.1) is 0 Å². The average Bonchev–Trinajstić information content (AvgIpc) is 2.48. The summed E-state index contributed by atoms with van der Waals surface area (Å²) < 4.78 is 5.45. The Morgan fingerprint density at radius 1 is 1.10 bits per heavy atom. The molecular weight excluding hydrogens is 258 g/mol. The molecule has 2 nitrogen and oxygen atoms in total. The third-order valence-corrected chi connectivity index (χ3v) is 3.53. The van der Waals surface area contributed by atoms with Crippen molar-refractivity contribution in [1.29, 1.82) is 0 Å². The summed E-state index contributed by atoms with van der Waals surface area (Å²) in [6, 6.07) is 17.4. The van der Waals surface area contributed by atoms with Crippen LogP contribution in [0, 0.1) is 6.92 Å². The fourth-order valence-electron chi connectivity index (χ4n) is 2.42. The standard InChI is InChI=1S/C19H25NO/c1-4-21-19-12-10-18(11-13-19)20-16(3)8-9-17-7-5-6-15(2)14-17/h5-7,10-14,16,20H,4,8-9H2,1-3H3. The first-order chi connectivity index (χ1) is 10.2. The number of nitrogens with one attached hydrogen (secondary N) is 1. The van der Waals surface area contributed by atoms with Crippen molar-refractivity contribution in [3.8, 4) is 5.75 Å². The Kier molecular flexibility index (Phi) is 5.68. The van der Waals surface area contributed by atoms with Crippen LogP contribution in [-0.4, -0.2) is 12.6 Å². The van der Waals surface area contributed by atoms with Crippen LogP contribution in [0.4, 0.5) is 5.69 Å². The molecule has 0 fully saturated rings. The minimum Gasteiger partial charge on any atom is -0.494 e. The molecule has 2 aromatic rings. The van der Waals surface area contributed by atoms with Crippen molar-refractivity contribution in [3.63, 3.8) is 0 Å². The minimum atomic E-state index is 0.448. The first kappa shape index (κ1) is 15.4. The molecule has 0 aliphatic heterocycles. The van der Waals surface area contributed by atoms with Gasteiger partial charge in [0.1, 0.15) is 5.75 Å². The van der Waals surface area contributed by atoms with Gasteiger partial charge in [0.25, 0.3) is 0 Å². The summed E-state index contributed by atoms with van der Waals surface area (Å²) in [6.45, 7) is 7.08. The Labute approximate surface area is 128 Å². The van der Waals surface area contributed by atoms with E-state index in [9.17, 15) is 0 Å². The van der Waals surface area contributed by atoms with Crippen LogP contribution in [0.1, 0.15) is 31.4 Å². The second-order valence-electron chi connectivity index (χ2n) is 5.53. The van der Waals surface area contributed by atoms with Crippen molar-refractivity contribution in [3.05, 3.63) is 59.7 Å². The van der Waals surface area contributed by atoms with E-state index in [1.54, 1.807) is 0 Å². The Hall–Kier alpha value is -1.96. The smallest absolute Gasteiger partial charge is 0.119 e. The zero-order valence-corrected chi connectivity index (χ0v) is 13.2. The van der Waals surface area contributed by atoms with E-state index < -0.39 is 0 Å². The van der Waals surface area contributed by atoms with Crippen LogP contribution in [0.25, 0.3) is 0 Å². The maximum absolute atomic E-state index is 5.45. The highest BCUT2D eigenvalue weighted by atomic mass is 16.5. The Bertz CT molecular complexity index is 548. The van der Waals surface area contributed by atoms with Gasteiger partial charge in [-0.25, -0.2) is 0 Å². The van der Waals surface area contributed by atoms with Crippen molar-refractivity contribution in [2.45, 2.75) is 39.7 Å². The third-order valence-electron chi connectivity index (χ3n) is 3.53. The summed E-state index contributed by atoms with van der Waals surface area (Å²) in [5.41, 5.74) is 3.89. The molecule has 0 saturated carbocycles. The Balaban J connectivity index is 1.82. The molecule has 1 unspecified atom stereocenters. The molecule has 0 aromatic heterocycles. The fraction of sp³-hybridized carbons (Fsp3) is 0.368. The fourth-order valence-corrected chi connectivity index (χ4v) is 2.42. The van der Waals surface area contributed by atoms with E-state index in [0.717, 1.165) is 24.3 Å². The van der Waals surface area contributed by atoms with Crippen molar-refractivity contribution in [1.82, 2.24) is 0 Å². The monoisotopic (exact) mass is 283 g/mol. The molecule has 0 saturated heterocycles. The second-order valence-corrected chi connectivity index (χ2v) is 5.53. The molecule has 0 radical (unpaired) electrons. The van der Waals surface area contributed by atoms with Gasteiger partial charge in [-0.05, 0) is 63.4 Å².